The van der Waals surface area contributed by atoms with Gasteiger partial charge in [0.05, 0.1) is 19.0 Å². The summed E-state index contributed by atoms with van der Waals surface area (Å²) in [4.78, 5) is 4.18. The van der Waals surface area contributed by atoms with Crippen molar-refractivity contribution in [2.75, 3.05) is 18.1 Å². The van der Waals surface area contributed by atoms with E-state index in [2.05, 4.69) is 29.6 Å². The molecule has 1 atom stereocenters. The summed E-state index contributed by atoms with van der Waals surface area (Å²) in [6.07, 6.45) is 8.27. The first kappa shape index (κ1) is 14.7. The maximum absolute atomic E-state index is 11.1. The highest BCUT2D eigenvalue weighted by atomic mass is 32.2. The summed E-state index contributed by atoms with van der Waals surface area (Å²) in [5.74, 6) is 1.19. The number of nitrogens with zero attached hydrogens (tertiary/aromatic N) is 1. The fraction of sp³-hybridized carbons (Fsp3) is 0.462. The minimum absolute atomic E-state index is 0.572. The van der Waals surface area contributed by atoms with Crippen molar-refractivity contribution in [2.45, 2.75) is 20.3 Å². The molecule has 1 heterocycles. The molecule has 1 unspecified atom stereocenters. The van der Waals surface area contributed by atoms with Crippen molar-refractivity contribution in [3.63, 3.8) is 0 Å². The molecule has 1 N–H and O–H groups in total. The molecular weight excluding hydrogens is 248 g/mol. The zero-order chi connectivity index (χ0) is 13.5. The molecule has 0 aromatic carbocycles. The molecule has 4 nitrogen and oxygen atoms in total. The average Bonchev–Trinajstić information content (AvgIpc) is 2.28. The Labute approximate surface area is 111 Å². The van der Waals surface area contributed by atoms with Crippen LogP contribution in [0.15, 0.2) is 18.3 Å². The van der Waals surface area contributed by atoms with Gasteiger partial charge in [0, 0.05) is 11.8 Å². The number of pyridine rings is 1. The molecule has 0 aliphatic heterocycles. The van der Waals surface area contributed by atoms with Crippen molar-refractivity contribution in [2.24, 2.45) is 5.92 Å². The Balaban J connectivity index is 2.91. The number of aromatic nitrogens is 1. The third-order valence-corrected chi connectivity index (χ3v) is 2.76. The van der Waals surface area contributed by atoms with Crippen molar-refractivity contribution >= 4 is 22.7 Å². The predicted molar refractivity (Wildman–Crippen MR) is 77.0 cm³/mol. The second-order valence-electron chi connectivity index (χ2n) is 4.41. The maximum atomic E-state index is 11.1. The van der Waals surface area contributed by atoms with Crippen LogP contribution < -0.4 is 9.46 Å². The second kappa shape index (κ2) is 7.16. The highest BCUT2D eigenvalue weighted by molar-refractivity contribution is 7.85. The number of methoxy groups -OCH3 is 1. The quantitative estimate of drug-likeness (QED) is 0.863. The molecule has 0 spiro atoms. The largest absolute Gasteiger partial charge is 0.481 e. The minimum Gasteiger partial charge on any atom is -0.481 e. The molecule has 0 aliphatic carbocycles. The highest BCUT2D eigenvalue weighted by Crippen LogP contribution is 2.21. The Hall–Kier alpha value is -1.36. The zero-order valence-corrected chi connectivity index (χ0v) is 12.1. The van der Waals surface area contributed by atoms with Crippen molar-refractivity contribution < 1.29 is 8.95 Å². The van der Waals surface area contributed by atoms with Crippen molar-refractivity contribution in [1.29, 1.82) is 0 Å². The first-order valence-corrected chi connectivity index (χ1v) is 7.39. The summed E-state index contributed by atoms with van der Waals surface area (Å²) in [7, 11) is 0.489. The highest BCUT2D eigenvalue weighted by Gasteiger charge is 2.04. The van der Waals surface area contributed by atoms with E-state index in [1.165, 1.54) is 0 Å². The summed E-state index contributed by atoms with van der Waals surface area (Å²) in [5, 5.41) is 0. The number of anilines is 1. The number of hydrogen-bond donors (Lipinski definition) is 1. The lowest BCUT2D eigenvalue weighted by Crippen LogP contribution is -2.02. The molecule has 0 amide bonds. The normalized spacial score (nSPS) is 12.9. The second-order valence-corrected chi connectivity index (χ2v) is 5.52. The SMILES string of the molecule is COc1ncc(NS(C)=O)cc1/C=C/CC(C)C. The lowest BCUT2D eigenvalue weighted by Gasteiger charge is -2.07. The molecule has 1 rings (SSSR count). The van der Waals surface area contributed by atoms with E-state index >= 15 is 0 Å². The maximum Gasteiger partial charge on any atom is 0.220 e. The molecule has 0 aliphatic rings. The first-order valence-electron chi connectivity index (χ1n) is 5.83. The predicted octanol–water partition coefficient (Wildman–Crippen LogP) is 2.85. The number of allylic oxidation sites excluding steroid dienone is 1. The van der Waals surface area contributed by atoms with Gasteiger partial charge in [0.25, 0.3) is 0 Å². The Morgan fingerprint density at radius 2 is 2.28 bits per heavy atom. The summed E-state index contributed by atoms with van der Waals surface area (Å²) >= 11 is 0. The van der Waals surface area contributed by atoms with Gasteiger partial charge in [-0.25, -0.2) is 9.19 Å². The van der Waals surface area contributed by atoms with Crippen LogP contribution in [-0.2, 0) is 11.0 Å². The van der Waals surface area contributed by atoms with Crippen LogP contribution in [0.5, 0.6) is 5.88 Å². The van der Waals surface area contributed by atoms with Gasteiger partial charge in [-0.3, -0.25) is 0 Å². The summed E-state index contributed by atoms with van der Waals surface area (Å²) in [6, 6.07) is 1.88. The van der Waals surface area contributed by atoms with Crippen LogP contribution >= 0.6 is 0 Å². The molecule has 5 heteroatoms. The Morgan fingerprint density at radius 3 is 2.83 bits per heavy atom. The van der Waals surface area contributed by atoms with Crippen LogP contribution in [0.2, 0.25) is 0 Å². The van der Waals surface area contributed by atoms with Gasteiger partial charge < -0.3 is 9.46 Å². The van der Waals surface area contributed by atoms with E-state index < -0.39 is 11.0 Å². The van der Waals surface area contributed by atoms with Gasteiger partial charge in [-0.15, -0.1) is 0 Å². The zero-order valence-electron chi connectivity index (χ0n) is 11.3. The van der Waals surface area contributed by atoms with Crippen molar-refractivity contribution in [3.8, 4) is 5.88 Å². The molecule has 0 radical (unpaired) electrons. The number of nitrogens with one attached hydrogen (secondary N) is 1. The van der Waals surface area contributed by atoms with E-state index in [0.29, 0.717) is 11.8 Å². The third kappa shape index (κ3) is 4.87. The number of ether oxygens (including phenoxy) is 1. The first-order chi connectivity index (χ1) is 8.52. The van der Waals surface area contributed by atoms with E-state index in [0.717, 1.165) is 17.7 Å². The topological polar surface area (TPSA) is 51.2 Å². The molecule has 1 aromatic rings. The fourth-order valence-electron chi connectivity index (χ4n) is 1.45. The lowest BCUT2D eigenvalue weighted by atomic mass is 10.1. The Bertz CT molecular complexity index is 445. The van der Waals surface area contributed by atoms with E-state index in [1.807, 2.05) is 12.1 Å². The van der Waals surface area contributed by atoms with E-state index in [4.69, 9.17) is 4.74 Å². The van der Waals surface area contributed by atoms with Gasteiger partial charge in [-0.2, -0.15) is 0 Å². The lowest BCUT2D eigenvalue weighted by molar-refractivity contribution is 0.397. The Kier molecular flexibility index (Phi) is 5.85. The molecule has 100 valence electrons. The minimum atomic E-state index is -1.10. The van der Waals surface area contributed by atoms with Crippen LogP contribution in [0.3, 0.4) is 0 Å². The van der Waals surface area contributed by atoms with Crippen molar-refractivity contribution in [1.82, 2.24) is 4.98 Å². The van der Waals surface area contributed by atoms with Crippen LogP contribution in [0.25, 0.3) is 6.08 Å². The fourth-order valence-corrected chi connectivity index (χ4v) is 1.89. The van der Waals surface area contributed by atoms with Crippen molar-refractivity contribution in [3.05, 3.63) is 23.9 Å². The number of rotatable bonds is 6. The monoisotopic (exact) mass is 268 g/mol. The van der Waals surface area contributed by atoms with Crippen LogP contribution in [0, 0.1) is 5.92 Å². The molecule has 1 aromatic heterocycles. The molecule has 0 fully saturated rings. The summed E-state index contributed by atoms with van der Waals surface area (Å²) < 4.78 is 19.1. The smallest absolute Gasteiger partial charge is 0.220 e. The van der Waals surface area contributed by atoms with Gasteiger partial charge in [-0.05, 0) is 18.4 Å². The van der Waals surface area contributed by atoms with Crippen LogP contribution in [0.1, 0.15) is 25.8 Å². The van der Waals surface area contributed by atoms with Gasteiger partial charge in [0.1, 0.15) is 11.0 Å². The van der Waals surface area contributed by atoms with Gasteiger partial charge in [-0.1, -0.05) is 26.0 Å². The molecule has 0 saturated carbocycles. The molecular formula is C13H20N2O2S. The average molecular weight is 268 g/mol. The van der Waals surface area contributed by atoms with Gasteiger partial charge >= 0.3 is 0 Å². The van der Waals surface area contributed by atoms with E-state index in [-0.39, 0.29) is 0 Å². The van der Waals surface area contributed by atoms with Crippen LogP contribution in [-0.4, -0.2) is 22.6 Å². The summed E-state index contributed by atoms with van der Waals surface area (Å²) in [5.41, 5.74) is 1.61. The number of hydrogen-bond acceptors (Lipinski definition) is 3. The van der Waals surface area contributed by atoms with Gasteiger partial charge in [0.2, 0.25) is 5.88 Å². The molecule has 0 saturated heterocycles. The standard InChI is InChI=1S/C13H20N2O2S/c1-10(2)6-5-7-11-8-12(15-18(4)16)9-14-13(11)17-3/h5,7-10,15H,6H2,1-4H3/b7-5+. The molecule has 0 bridgehead atoms. The Morgan fingerprint density at radius 1 is 1.56 bits per heavy atom. The van der Waals surface area contributed by atoms with Crippen LogP contribution in [0.4, 0.5) is 5.69 Å². The van der Waals surface area contributed by atoms with E-state index in [1.54, 1.807) is 19.6 Å². The van der Waals surface area contributed by atoms with E-state index in [9.17, 15) is 4.21 Å². The third-order valence-electron chi connectivity index (χ3n) is 2.24. The summed E-state index contributed by atoms with van der Waals surface area (Å²) in [6.45, 7) is 4.33. The molecule has 18 heavy (non-hydrogen) atoms. The van der Waals surface area contributed by atoms with Gasteiger partial charge in [0.15, 0.2) is 0 Å².